The Balaban J connectivity index is 3.78. The lowest BCUT2D eigenvalue weighted by Crippen LogP contribution is -2.61. The van der Waals surface area contributed by atoms with Crippen LogP contribution in [0, 0.1) is 5.92 Å². The second kappa shape index (κ2) is 38.6. The summed E-state index contributed by atoms with van der Waals surface area (Å²) in [5.41, 5.74) is 23.5. The molecule has 23 heteroatoms. The molecule has 0 aromatic carbocycles. The second-order valence-corrected chi connectivity index (χ2v) is 19.7. The SMILES string of the molecule is CCCCCCCCCC(=O)N[C@H](CCN)C(=O)N[C@H]1CCNC(=O)[C@H]([C@@H](C)O)NC(=O)[C@H](CCN)NC(=O)[C@H](CCN)NC(=O)[C@H](CCCCCCCC)NC(=O)[C@@H](CC(C)C)NC(=O)[C@H](CCN)NC1=O. The first-order valence-electron chi connectivity index (χ1n) is 27.0. The molecule has 1 saturated heterocycles. The summed E-state index contributed by atoms with van der Waals surface area (Å²) in [4.78, 5) is 125. The molecule has 18 N–H and O–H groups in total. The number of aliphatic hydroxyl groups excluding tert-OH is 1. The Hall–Kier alpha value is -4.97. The largest absolute Gasteiger partial charge is 0.391 e. The molecular weight excluding hydrogens is 943 g/mol. The molecule has 1 fully saturated rings. The third kappa shape index (κ3) is 27.2. The number of nitrogens with two attached hydrogens (primary N) is 4. The predicted molar refractivity (Wildman–Crippen MR) is 279 cm³/mol. The zero-order valence-corrected chi connectivity index (χ0v) is 44.6. The summed E-state index contributed by atoms with van der Waals surface area (Å²) < 4.78 is 0. The van der Waals surface area contributed by atoms with Gasteiger partial charge in [0.05, 0.1) is 6.10 Å². The minimum atomic E-state index is -1.59. The van der Waals surface area contributed by atoms with Crippen molar-refractivity contribution >= 4 is 53.2 Å². The van der Waals surface area contributed by atoms with Gasteiger partial charge in [0.25, 0.3) is 0 Å². The molecule has 1 aliphatic heterocycles. The third-order valence-electron chi connectivity index (χ3n) is 12.6. The normalized spacial score (nSPS) is 23.2. The summed E-state index contributed by atoms with van der Waals surface area (Å²) in [6.07, 6.45) is 10.6. The molecule has 0 aliphatic carbocycles. The van der Waals surface area contributed by atoms with Gasteiger partial charge in [-0.3, -0.25) is 43.2 Å². The Bertz CT molecular complexity index is 1690. The van der Waals surface area contributed by atoms with E-state index in [1.165, 1.54) is 6.92 Å². The van der Waals surface area contributed by atoms with E-state index in [1.54, 1.807) is 0 Å². The number of hydrogen-bond donors (Lipinski definition) is 14. The zero-order chi connectivity index (χ0) is 54.7. The van der Waals surface area contributed by atoms with E-state index in [0.717, 1.165) is 70.6 Å². The van der Waals surface area contributed by atoms with Crippen LogP contribution < -0.4 is 70.8 Å². The van der Waals surface area contributed by atoms with E-state index in [1.807, 2.05) is 13.8 Å². The maximum Gasteiger partial charge on any atom is 0.245 e. The van der Waals surface area contributed by atoms with E-state index >= 15 is 0 Å². The van der Waals surface area contributed by atoms with E-state index in [0.29, 0.717) is 12.8 Å². The van der Waals surface area contributed by atoms with Crippen molar-refractivity contribution in [2.24, 2.45) is 28.9 Å². The lowest BCUT2D eigenvalue weighted by atomic mass is 10.00. The molecule has 0 unspecified atom stereocenters. The minimum absolute atomic E-state index is 0.00754. The number of unbranched alkanes of at least 4 members (excludes halogenated alkanes) is 11. The van der Waals surface area contributed by atoms with Crippen LogP contribution in [0.25, 0.3) is 0 Å². The van der Waals surface area contributed by atoms with Crippen LogP contribution in [0.4, 0.5) is 0 Å². The fourth-order valence-corrected chi connectivity index (χ4v) is 8.36. The van der Waals surface area contributed by atoms with Crippen molar-refractivity contribution in [1.29, 1.82) is 0 Å². The van der Waals surface area contributed by atoms with E-state index in [9.17, 15) is 48.3 Å². The first-order valence-corrected chi connectivity index (χ1v) is 27.0. The number of nitrogens with one attached hydrogen (secondary N) is 9. The summed E-state index contributed by atoms with van der Waals surface area (Å²) in [5, 5.41) is 34.6. The molecule has 1 aliphatic rings. The van der Waals surface area contributed by atoms with E-state index in [2.05, 4.69) is 61.7 Å². The highest BCUT2D eigenvalue weighted by atomic mass is 16.3. The molecule has 9 atom stereocenters. The van der Waals surface area contributed by atoms with Crippen LogP contribution in [0.2, 0.25) is 0 Å². The Morgan fingerprint density at radius 3 is 1.44 bits per heavy atom. The van der Waals surface area contributed by atoms with Crippen LogP contribution >= 0.6 is 0 Å². The number of rotatable bonds is 29. The van der Waals surface area contributed by atoms with Gasteiger partial charge in [-0.1, -0.05) is 105 Å². The molecule has 0 aromatic heterocycles. The standard InChI is InChI=1S/C50H95N13O10/c1-6-8-10-12-14-16-18-20-41(65)56-35(21-26-51)44(67)61-39-25-30-55-50(73)42(33(5)64)63-48(71)38(24-29-54)60-45(68)36(22-27-52)58-43(66)34(19-17-15-13-11-9-7-2)57-49(72)40(31-32(3)4)62-46(69)37(23-28-53)59-47(39)70/h32-40,42,64H,6-31,51-54H2,1-5H3,(H,55,73)(H,56,65)(H,57,72)(H,58,66)(H,59,70)(H,60,68)(H,61,67)(H,62,69)(H,63,71)/t33-,34+,35-,36+,37+,38+,39+,40-,42+/m1/s1. The summed E-state index contributed by atoms with van der Waals surface area (Å²) >= 11 is 0. The van der Waals surface area contributed by atoms with Gasteiger partial charge in [-0.25, -0.2) is 0 Å². The highest BCUT2D eigenvalue weighted by Gasteiger charge is 2.36. The molecule has 0 bridgehead atoms. The van der Waals surface area contributed by atoms with Crippen molar-refractivity contribution in [1.82, 2.24) is 47.9 Å². The van der Waals surface area contributed by atoms with Crippen LogP contribution in [-0.4, -0.2) is 145 Å². The highest BCUT2D eigenvalue weighted by Crippen LogP contribution is 2.13. The quantitative estimate of drug-likeness (QED) is 0.0404. The molecule has 0 radical (unpaired) electrons. The molecule has 0 saturated carbocycles. The first-order chi connectivity index (χ1) is 34.9. The molecule has 73 heavy (non-hydrogen) atoms. The van der Waals surface area contributed by atoms with Crippen LogP contribution in [0.5, 0.6) is 0 Å². The monoisotopic (exact) mass is 1040 g/mol. The van der Waals surface area contributed by atoms with E-state index in [-0.39, 0.29) is 95.9 Å². The van der Waals surface area contributed by atoms with Crippen molar-refractivity contribution in [3.8, 4) is 0 Å². The molecule has 420 valence electrons. The van der Waals surface area contributed by atoms with Gasteiger partial charge in [-0.15, -0.1) is 0 Å². The zero-order valence-electron chi connectivity index (χ0n) is 44.6. The molecule has 23 nitrogen and oxygen atoms in total. The number of carbonyl (C=O) groups is 9. The van der Waals surface area contributed by atoms with Crippen molar-refractivity contribution in [2.45, 2.75) is 224 Å². The van der Waals surface area contributed by atoms with Gasteiger partial charge >= 0.3 is 0 Å². The molecule has 0 spiro atoms. The van der Waals surface area contributed by atoms with Gasteiger partial charge in [-0.2, -0.15) is 0 Å². The summed E-state index contributed by atoms with van der Waals surface area (Å²) in [6.45, 7) is 8.61. The third-order valence-corrected chi connectivity index (χ3v) is 12.6. The van der Waals surface area contributed by atoms with Crippen LogP contribution in [0.15, 0.2) is 0 Å². The fraction of sp³-hybridized carbons (Fsp3) is 0.820. The topological polar surface area (TPSA) is 386 Å². The predicted octanol–water partition coefficient (Wildman–Crippen LogP) is -0.902. The van der Waals surface area contributed by atoms with Crippen molar-refractivity contribution in [2.75, 3.05) is 32.7 Å². The van der Waals surface area contributed by atoms with Gasteiger partial charge < -0.3 is 75.9 Å². The average Bonchev–Trinajstić information content (AvgIpc) is 3.33. The van der Waals surface area contributed by atoms with Crippen molar-refractivity contribution < 1.29 is 48.3 Å². The van der Waals surface area contributed by atoms with Crippen LogP contribution in [-0.2, 0) is 43.2 Å². The van der Waals surface area contributed by atoms with Gasteiger partial charge in [0.1, 0.15) is 48.3 Å². The molecule has 9 amide bonds. The molecule has 1 heterocycles. The van der Waals surface area contributed by atoms with Crippen LogP contribution in [0.1, 0.15) is 169 Å². The van der Waals surface area contributed by atoms with Gasteiger partial charge in [0, 0.05) is 13.0 Å². The van der Waals surface area contributed by atoms with E-state index < -0.39 is 102 Å². The van der Waals surface area contributed by atoms with Crippen molar-refractivity contribution in [3.63, 3.8) is 0 Å². The van der Waals surface area contributed by atoms with Gasteiger partial charge in [0.2, 0.25) is 53.2 Å². The fourth-order valence-electron chi connectivity index (χ4n) is 8.36. The second-order valence-electron chi connectivity index (χ2n) is 19.7. The van der Waals surface area contributed by atoms with E-state index in [4.69, 9.17) is 22.9 Å². The lowest BCUT2D eigenvalue weighted by Gasteiger charge is -2.28. The molecular formula is C50H95N13O10. The molecule has 1 rings (SSSR count). The number of carbonyl (C=O) groups excluding carboxylic acids is 9. The average molecular weight is 1040 g/mol. The Labute approximate surface area is 433 Å². The minimum Gasteiger partial charge on any atom is -0.391 e. The maximum absolute atomic E-state index is 14.3. The van der Waals surface area contributed by atoms with Gasteiger partial charge in [0.15, 0.2) is 0 Å². The summed E-state index contributed by atoms with van der Waals surface area (Å²) in [7, 11) is 0. The number of aliphatic hydroxyl groups is 1. The Kier molecular flexibility index (Phi) is 34.9. The Morgan fingerprint density at radius 1 is 0.548 bits per heavy atom. The highest BCUT2D eigenvalue weighted by molar-refractivity contribution is 5.98. The molecule has 0 aromatic rings. The van der Waals surface area contributed by atoms with Gasteiger partial charge in [-0.05, 0) is 90.4 Å². The first kappa shape index (κ1) is 66.0. The maximum atomic E-state index is 14.3. The number of hydrogen-bond acceptors (Lipinski definition) is 14. The lowest BCUT2D eigenvalue weighted by molar-refractivity contribution is -0.136. The summed E-state index contributed by atoms with van der Waals surface area (Å²) in [6, 6.07) is -10.5. The summed E-state index contributed by atoms with van der Waals surface area (Å²) in [5.74, 6) is -6.91. The smallest absolute Gasteiger partial charge is 0.245 e. The Morgan fingerprint density at radius 2 is 0.973 bits per heavy atom. The number of amides is 9. The van der Waals surface area contributed by atoms with Crippen molar-refractivity contribution in [3.05, 3.63) is 0 Å². The van der Waals surface area contributed by atoms with Crippen LogP contribution in [0.3, 0.4) is 0 Å².